The molecule has 2 heterocycles. The summed E-state index contributed by atoms with van der Waals surface area (Å²) < 4.78 is 26.8. The van der Waals surface area contributed by atoms with E-state index in [9.17, 15) is 24.0 Å². The number of aryl methyl sites for hydroxylation is 1. The van der Waals surface area contributed by atoms with Crippen molar-refractivity contribution in [3.8, 4) is 0 Å². The maximum Gasteiger partial charge on any atom is 0.408 e. The third kappa shape index (κ3) is 23.9. The monoisotopic (exact) mass is 1430 g/mol. The molecular formula is C79H110N12O13. The Hall–Kier alpha value is -9.75. The Kier molecular flexibility index (Phi) is 29.7. The minimum Gasteiger partial charge on any atom is -0.467 e. The van der Waals surface area contributed by atoms with E-state index in [1.54, 1.807) is 178 Å². The van der Waals surface area contributed by atoms with Crippen molar-refractivity contribution in [1.82, 2.24) is 61.6 Å². The van der Waals surface area contributed by atoms with Crippen molar-refractivity contribution in [2.24, 2.45) is 24.8 Å². The number of imidazole rings is 2. The molecule has 0 bridgehead atoms. The first-order valence-corrected chi connectivity index (χ1v) is 35.6. The second kappa shape index (κ2) is 37.1. The van der Waals surface area contributed by atoms with Gasteiger partial charge < -0.3 is 70.6 Å². The number of carbonyl (C=O) groups excluding carboxylic acids is 9. The lowest BCUT2D eigenvalue weighted by Crippen LogP contribution is -2.63. The zero-order valence-electron chi connectivity index (χ0n) is 63.8. The molecule has 0 aliphatic heterocycles. The van der Waals surface area contributed by atoms with Gasteiger partial charge in [0.15, 0.2) is 0 Å². The molecule has 564 valence electrons. The molecule has 0 saturated heterocycles. The first-order chi connectivity index (χ1) is 48.8. The summed E-state index contributed by atoms with van der Waals surface area (Å²) in [6, 6.07) is 27.4. The lowest BCUT2D eigenvalue weighted by molar-refractivity contribution is -0.149. The highest BCUT2D eigenvalue weighted by Crippen LogP contribution is 2.41. The van der Waals surface area contributed by atoms with Crippen LogP contribution in [0.5, 0.6) is 0 Å². The molecule has 0 aliphatic rings. The lowest BCUT2D eigenvalue weighted by atomic mass is 9.77. The summed E-state index contributed by atoms with van der Waals surface area (Å²) in [6.07, 6.45) is 3.73. The fourth-order valence-electron chi connectivity index (χ4n) is 12.2. The number of ether oxygens (including phenoxy) is 4. The predicted molar refractivity (Wildman–Crippen MR) is 396 cm³/mol. The van der Waals surface area contributed by atoms with Crippen LogP contribution in [0, 0.1) is 17.8 Å². The highest BCUT2D eigenvalue weighted by atomic mass is 16.6. The molecule has 0 spiro atoms. The Morgan fingerprint density at radius 1 is 0.423 bits per heavy atom. The van der Waals surface area contributed by atoms with Gasteiger partial charge in [-0.1, -0.05) is 169 Å². The number of rotatable bonds is 34. The fraction of sp³-hybridized carbons (Fsp3) is 0.506. The average molecular weight is 1440 g/mol. The molecule has 0 aliphatic carbocycles. The van der Waals surface area contributed by atoms with E-state index in [1.807, 2.05) is 102 Å². The van der Waals surface area contributed by atoms with Crippen LogP contribution >= 0.6 is 0 Å². The average Bonchev–Trinajstić information content (AvgIpc) is 1.27. The van der Waals surface area contributed by atoms with E-state index in [2.05, 4.69) is 47.5 Å². The Labute approximate surface area is 612 Å². The van der Waals surface area contributed by atoms with Gasteiger partial charge in [-0.05, 0) is 116 Å². The highest BCUT2D eigenvalue weighted by Gasteiger charge is 2.43. The summed E-state index contributed by atoms with van der Waals surface area (Å²) in [5.41, 5.74) is 0.372. The molecule has 11 atom stereocenters. The number of nitrogens with one attached hydrogen (secondary N) is 8. The van der Waals surface area contributed by atoms with Crippen molar-refractivity contribution >= 4 is 53.4 Å². The van der Waals surface area contributed by atoms with Gasteiger partial charge in [0.25, 0.3) is 0 Å². The number of benzene rings is 4. The second-order valence-corrected chi connectivity index (χ2v) is 30.2. The fourth-order valence-corrected chi connectivity index (χ4v) is 12.2. The highest BCUT2D eigenvalue weighted by molar-refractivity contribution is 5.98. The minimum absolute atomic E-state index is 0.103. The quantitative estimate of drug-likeness (QED) is 0.0142. The van der Waals surface area contributed by atoms with E-state index in [1.165, 1.54) is 7.11 Å². The van der Waals surface area contributed by atoms with E-state index in [0.29, 0.717) is 23.4 Å². The SMILES string of the molecule is CC[C@H](C)[C@H](NC(=O)[C@@H](NC(=O)[C@H](NC(=O)[C@@H](Cc1ccccc1)NC(=O)[C@@H](Cc1cn(C(c2ccccc2)(c2ccccc2)c2ccccc2)cn1)NC(=O)[C@H](NC(=O)[C@@H](NC(=O)[C@H](Cc1cn(C)cn1)NC(=O)OC(C)(C)C)[C@@H](C)OC(C)(C)C)C(C)C)C(C)C)[C@@H](C)OC(C)(C)C)C(=O)OC. The summed E-state index contributed by atoms with van der Waals surface area (Å²) in [5.74, 6) is -8.00. The second-order valence-electron chi connectivity index (χ2n) is 30.2. The number of nitrogens with zero attached hydrogens (tertiary/aromatic N) is 4. The van der Waals surface area contributed by atoms with Crippen LogP contribution in [0.3, 0.4) is 0 Å². The number of carbonyl (C=O) groups is 9. The van der Waals surface area contributed by atoms with E-state index in [4.69, 9.17) is 23.9 Å². The molecule has 0 unspecified atom stereocenters. The molecule has 0 radical (unpaired) electrons. The van der Waals surface area contributed by atoms with E-state index >= 15 is 19.2 Å². The zero-order valence-corrected chi connectivity index (χ0v) is 63.8. The molecule has 104 heavy (non-hydrogen) atoms. The van der Waals surface area contributed by atoms with Crippen LogP contribution in [-0.4, -0.2) is 157 Å². The molecular weight excluding hydrogens is 1320 g/mol. The molecule has 6 rings (SSSR count). The van der Waals surface area contributed by atoms with Crippen LogP contribution in [-0.2, 0) is 89.2 Å². The number of alkyl carbamates (subject to hydrolysis) is 1. The van der Waals surface area contributed by atoms with Crippen LogP contribution in [0.1, 0.15) is 158 Å². The zero-order chi connectivity index (χ0) is 77.0. The van der Waals surface area contributed by atoms with Gasteiger partial charge >= 0.3 is 12.1 Å². The molecule has 25 nitrogen and oxygen atoms in total. The van der Waals surface area contributed by atoms with Gasteiger partial charge in [-0.15, -0.1) is 0 Å². The Morgan fingerprint density at radius 2 is 0.779 bits per heavy atom. The normalized spacial score (nSPS) is 15.2. The van der Waals surface area contributed by atoms with Crippen molar-refractivity contribution in [3.63, 3.8) is 0 Å². The molecule has 8 N–H and O–H groups in total. The molecule has 6 aromatic rings. The van der Waals surface area contributed by atoms with Gasteiger partial charge in [-0.25, -0.2) is 19.6 Å². The number of methoxy groups -OCH3 is 1. The third-order valence-electron chi connectivity index (χ3n) is 17.4. The maximum absolute atomic E-state index is 15.8. The Morgan fingerprint density at radius 3 is 1.19 bits per heavy atom. The van der Waals surface area contributed by atoms with Gasteiger partial charge in [0.05, 0.1) is 54.6 Å². The summed E-state index contributed by atoms with van der Waals surface area (Å²) >= 11 is 0. The van der Waals surface area contributed by atoms with Gasteiger partial charge in [-0.3, -0.25) is 33.6 Å². The van der Waals surface area contributed by atoms with Gasteiger partial charge in [-0.2, -0.15) is 0 Å². The number of esters is 1. The van der Waals surface area contributed by atoms with Crippen LogP contribution in [0.25, 0.3) is 0 Å². The summed E-state index contributed by atoms with van der Waals surface area (Å²) in [4.78, 5) is 141. The summed E-state index contributed by atoms with van der Waals surface area (Å²) in [5, 5.41) is 22.6. The van der Waals surface area contributed by atoms with Crippen LogP contribution < -0.4 is 42.5 Å². The van der Waals surface area contributed by atoms with Crippen molar-refractivity contribution in [2.75, 3.05) is 7.11 Å². The first kappa shape index (κ1) is 83.2. The molecule has 0 saturated carbocycles. The topological polar surface area (TPSA) is 322 Å². The number of amides is 8. The molecule has 2 aromatic heterocycles. The van der Waals surface area contributed by atoms with Crippen molar-refractivity contribution < 1.29 is 62.1 Å². The molecule has 8 amide bonds. The predicted octanol–water partition coefficient (Wildman–Crippen LogP) is 7.71. The number of hydrogen-bond acceptors (Lipinski definition) is 15. The molecule has 4 aromatic carbocycles. The van der Waals surface area contributed by atoms with Gasteiger partial charge in [0, 0.05) is 38.7 Å². The smallest absolute Gasteiger partial charge is 0.408 e. The van der Waals surface area contributed by atoms with Gasteiger partial charge in [0.1, 0.15) is 59.5 Å². The number of aromatic nitrogens is 4. The van der Waals surface area contributed by atoms with Crippen LogP contribution in [0.4, 0.5) is 4.79 Å². The standard InChI is InChI=1S/C79H110N12O13/c1-20-50(6)64(74(99)101-19)87-73(98)66(52(8)103-77(12,13)14)89-71(96)63(49(4)5)85-68(93)59(41-53-33-25-21-26-34-53)82-67(92)60(43-58-45-91(47-81-58)79(54-35-27-22-28-36-54,55-37-29-23-30-38-55)56-39-31-24-32-40-56)83-70(95)62(48(2)3)86-72(97)65(51(7)102-76(9,10)11)88-69(94)61(42-57-44-90(18)46-80-57)84-75(100)104-78(15,16)17/h21-40,44-52,59-66H,20,41-43H2,1-19H3,(H,82,92)(H,83,95)(H,84,100)(H,85,93)(H,86,97)(H,87,98)(H,88,94)(H,89,96)/t50-,51+,52+,59+,60+,61-,62+,63+,64-,65-,66-/m0/s1. The van der Waals surface area contributed by atoms with Crippen LogP contribution in [0.2, 0.25) is 0 Å². The van der Waals surface area contributed by atoms with E-state index < -0.39 is 148 Å². The van der Waals surface area contributed by atoms with Crippen molar-refractivity contribution in [2.45, 2.75) is 226 Å². The Balaban J connectivity index is 1.43. The first-order valence-electron chi connectivity index (χ1n) is 35.6. The largest absolute Gasteiger partial charge is 0.467 e. The van der Waals surface area contributed by atoms with E-state index in [0.717, 1.165) is 16.7 Å². The van der Waals surface area contributed by atoms with E-state index in [-0.39, 0.29) is 25.2 Å². The van der Waals surface area contributed by atoms with Crippen LogP contribution in [0.15, 0.2) is 146 Å². The summed E-state index contributed by atoms with van der Waals surface area (Å²) in [6.45, 7) is 29.3. The van der Waals surface area contributed by atoms with Crippen molar-refractivity contribution in [3.05, 3.63) is 180 Å². The minimum atomic E-state index is -1.56. The van der Waals surface area contributed by atoms with Gasteiger partial charge in [0.2, 0.25) is 41.4 Å². The molecule has 25 heteroatoms. The Bertz CT molecular complexity index is 3710. The maximum atomic E-state index is 15.8. The third-order valence-corrected chi connectivity index (χ3v) is 17.4. The summed E-state index contributed by atoms with van der Waals surface area (Å²) in [7, 11) is 2.97. The lowest BCUT2D eigenvalue weighted by Gasteiger charge is -2.37. The molecule has 0 fully saturated rings. The van der Waals surface area contributed by atoms with Crippen molar-refractivity contribution in [1.29, 1.82) is 0 Å². The number of hydrogen-bond donors (Lipinski definition) is 8.